The van der Waals surface area contributed by atoms with Gasteiger partial charge in [-0.3, -0.25) is 0 Å². The zero-order valence-electron chi connectivity index (χ0n) is 18.1. The van der Waals surface area contributed by atoms with E-state index in [4.69, 9.17) is 4.74 Å². The van der Waals surface area contributed by atoms with Gasteiger partial charge in [0.15, 0.2) is 0 Å². The Labute approximate surface area is 185 Å². The number of piperidine rings is 1. The predicted octanol–water partition coefficient (Wildman–Crippen LogP) is 4.27. The van der Waals surface area contributed by atoms with Crippen molar-refractivity contribution in [2.45, 2.75) is 38.2 Å². The molecule has 0 spiro atoms. The summed E-state index contributed by atoms with van der Waals surface area (Å²) in [6.07, 6.45) is -4.05. The fourth-order valence-electron chi connectivity index (χ4n) is 4.01. The highest BCUT2D eigenvalue weighted by Gasteiger charge is 2.33. The van der Waals surface area contributed by atoms with E-state index in [1.54, 1.807) is 4.90 Å². The molecule has 2 N–H and O–H groups in total. The second-order valence-corrected chi connectivity index (χ2v) is 7.60. The number of carbonyl (C=O) groups excluding carboxylic acids is 1. The first-order valence-electron chi connectivity index (χ1n) is 10.5. The summed E-state index contributed by atoms with van der Waals surface area (Å²) in [6, 6.07) is 13.9. The van der Waals surface area contributed by atoms with E-state index in [9.17, 15) is 18.0 Å². The first-order valence-corrected chi connectivity index (χ1v) is 10.5. The van der Waals surface area contributed by atoms with Crippen molar-refractivity contribution in [1.82, 2.24) is 15.5 Å². The van der Waals surface area contributed by atoms with Gasteiger partial charge in [0, 0.05) is 43.7 Å². The summed E-state index contributed by atoms with van der Waals surface area (Å²) in [5.41, 5.74) is 1.66. The minimum absolute atomic E-state index is 0.0278. The molecule has 32 heavy (non-hydrogen) atoms. The number of benzene rings is 2. The molecule has 1 saturated heterocycles. The molecule has 0 saturated carbocycles. The maximum Gasteiger partial charge on any atom is 0.573 e. The number of hydrogen-bond donors (Lipinski definition) is 2. The van der Waals surface area contributed by atoms with E-state index in [2.05, 4.69) is 15.4 Å². The number of halogens is 3. The van der Waals surface area contributed by atoms with Gasteiger partial charge < -0.3 is 25.0 Å². The average molecular weight is 451 g/mol. The van der Waals surface area contributed by atoms with Crippen molar-refractivity contribution in [1.29, 1.82) is 0 Å². The van der Waals surface area contributed by atoms with Gasteiger partial charge in [-0.25, -0.2) is 4.79 Å². The van der Waals surface area contributed by atoms with Crippen LogP contribution in [-0.4, -0.2) is 50.1 Å². The number of rotatable bonds is 7. The lowest BCUT2D eigenvalue weighted by molar-refractivity contribution is -0.274. The molecule has 0 unspecified atom stereocenters. The fourth-order valence-corrected chi connectivity index (χ4v) is 4.01. The monoisotopic (exact) mass is 451 g/mol. The molecule has 174 valence electrons. The summed E-state index contributed by atoms with van der Waals surface area (Å²) in [6.45, 7) is 3.87. The van der Waals surface area contributed by atoms with Crippen LogP contribution in [0.1, 0.15) is 30.4 Å². The van der Waals surface area contributed by atoms with E-state index in [0.29, 0.717) is 43.9 Å². The highest BCUT2D eigenvalue weighted by atomic mass is 19.4. The van der Waals surface area contributed by atoms with Crippen molar-refractivity contribution in [3.8, 4) is 11.5 Å². The number of amides is 2. The Balaban J connectivity index is 1.76. The Hall–Kier alpha value is -2.94. The number of hydrogen-bond acceptors (Lipinski definition) is 4. The van der Waals surface area contributed by atoms with Crippen molar-refractivity contribution in [2.75, 3.05) is 26.7 Å². The molecule has 0 aliphatic carbocycles. The zero-order valence-corrected chi connectivity index (χ0v) is 18.1. The Morgan fingerprint density at radius 2 is 1.94 bits per heavy atom. The second kappa shape index (κ2) is 10.6. The highest BCUT2D eigenvalue weighted by molar-refractivity contribution is 5.74. The molecule has 1 heterocycles. The van der Waals surface area contributed by atoms with Crippen molar-refractivity contribution >= 4 is 6.03 Å². The molecule has 1 aliphatic rings. The van der Waals surface area contributed by atoms with E-state index >= 15 is 0 Å². The molecule has 2 atom stereocenters. The van der Waals surface area contributed by atoms with Gasteiger partial charge in [0.1, 0.15) is 11.5 Å². The van der Waals surface area contributed by atoms with Crippen LogP contribution >= 0.6 is 0 Å². The van der Waals surface area contributed by atoms with Crippen LogP contribution in [0.25, 0.3) is 0 Å². The average Bonchev–Trinajstić information content (AvgIpc) is 2.77. The SMILES string of the molecule is CCNC(=O)N1CC[C@@H](NCc2cc(OC(F)(F)F)ccc2OC)[C@H](c2ccccc2)C1. The first-order chi connectivity index (χ1) is 15.3. The van der Waals surface area contributed by atoms with Crippen LogP contribution < -0.4 is 20.1 Å². The smallest absolute Gasteiger partial charge is 0.496 e. The molecular weight excluding hydrogens is 423 g/mol. The van der Waals surface area contributed by atoms with Crippen LogP contribution in [0, 0.1) is 0 Å². The van der Waals surface area contributed by atoms with Crippen LogP contribution in [0.2, 0.25) is 0 Å². The molecule has 1 aliphatic heterocycles. The number of likely N-dealkylation sites (tertiary alicyclic amines) is 1. The zero-order chi connectivity index (χ0) is 23.1. The molecular formula is C23H28F3N3O3. The van der Waals surface area contributed by atoms with Crippen molar-refractivity contribution < 1.29 is 27.4 Å². The number of urea groups is 1. The van der Waals surface area contributed by atoms with E-state index in [-0.39, 0.29) is 23.7 Å². The van der Waals surface area contributed by atoms with E-state index in [1.165, 1.54) is 25.3 Å². The molecule has 2 aromatic rings. The maximum atomic E-state index is 12.6. The van der Waals surface area contributed by atoms with Gasteiger partial charge in [0.2, 0.25) is 0 Å². The molecule has 1 fully saturated rings. The number of alkyl halides is 3. The van der Waals surface area contributed by atoms with Crippen LogP contribution in [0.15, 0.2) is 48.5 Å². The van der Waals surface area contributed by atoms with Crippen molar-refractivity contribution in [3.63, 3.8) is 0 Å². The van der Waals surface area contributed by atoms with Crippen LogP contribution in [0.3, 0.4) is 0 Å². The molecule has 3 rings (SSSR count). The lowest BCUT2D eigenvalue weighted by Crippen LogP contribution is -2.52. The Kier molecular flexibility index (Phi) is 7.84. The summed E-state index contributed by atoms with van der Waals surface area (Å²) in [4.78, 5) is 14.2. The van der Waals surface area contributed by atoms with Gasteiger partial charge in [0.25, 0.3) is 0 Å². The minimum Gasteiger partial charge on any atom is -0.496 e. The lowest BCUT2D eigenvalue weighted by atomic mass is 9.86. The number of ether oxygens (including phenoxy) is 2. The minimum atomic E-state index is -4.76. The predicted molar refractivity (Wildman–Crippen MR) is 115 cm³/mol. The number of carbonyl (C=O) groups is 1. The lowest BCUT2D eigenvalue weighted by Gasteiger charge is -2.39. The fraction of sp³-hybridized carbons (Fsp3) is 0.435. The summed E-state index contributed by atoms with van der Waals surface area (Å²) in [5, 5.41) is 6.31. The number of methoxy groups -OCH3 is 1. The third-order valence-corrected chi connectivity index (χ3v) is 5.50. The molecule has 0 radical (unpaired) electrons. The maximum absolute atomic E-state index is 12.6. The van der Waals surface area contributed by atoms with Crippen LogP contribution in [0.4, 0.5) is 18.0 Å². The molecule has 0 bridgehead atoms. The summed E-state index contributed by atoms with van der Waals surface area (Å²) in [5.74, 6) is 0.219. The van der Waals surface area contributed by atoms with Gasteiger partial charge in [-0.2, -0.15) is 0 Å². The number of nitrogens with one attached hydrogen (secondary N) is 2. The quantitative estimate of drug-likeness (QED) is 0.660. The third kappa shape index (κ3) is 6.29. The largest absolute Gasteiger partial charge is 0.573 e. The standard InChI is InChI=1S/C23H28F3N3O3/c1-3-27-22(30)29-12-11-20(19(15-29)16-7-5-4-6-8-16)28-14-17-13-18(32-23(24,25)26)9-10-21(17)31-2/h4-10,13,19-20,28H,3,11-12,14-15H2,1-2H3,(H,27,30)/t19-,20+/m0/s1. The second-order valence-electron chi connectivity index (χ2n) is 7.60. The number of nitrogens with zero attached hydrogens (tertiary/aromatic N) is 1. The Bertz CT molecular complexity index is 893. The Morgan fingerprint density at radius 1 is 1.19 bits per heavy atom. The van der Waals surface area contributed by atoms with Crippen LogP contribution in [-0.2, 0) is 6.54 Å². The van der Waals surface area contributed by atoms with Gasteiger partial charge in [-0.1, -0.05) is 30.3 Å². The molecule has 9 heteroatoms. The Morgan fingerprint density at radius 3 is 2.59 bits per heavy atom. The van der Waals surface area contributed by atoms with E-state index < -0.39 is 6.36 Å². The summed E-state index contributed by atoms with van der Waals surface area (Å²) < 4.78 is 47.2. The van der Waals surface area contributed by atoms with Gasteiger partial charge in [-0.05, 0) is 37.1 Å². The topological polar surface area (TPSA) is 62.8 Å². The van der Waals surface area contributed by atoms with Gasteiger partial charge in [-0.15, -0.1) is 13.2 Å². The van der Waals surface area contributed by atoms with E-state index in [1.807, 2.05) is 37.3 Å². The molecule has 6 nitrogen and oxygen atoms in total. The summed E-state index contributed by atoms with van der Waals surface area (Å²) in [7, 11) is 1.47. The third-order valence-electron chi connectivity index (χ3n) is 5.50. The highest BCUT2D eigenvalue weighted by Crippen LogP contribution is 2.31. The normalized spacial score (nSPS) is 18.8. The molecule has 2 aromatic carbocycles. The molecule has 0 aromatic heterocycles. The first kappa shape index (κ1) is 23.7. The van der Waals surface area contributed by atoms with Gasteiger partial charge in [0.05, 0.1) is 7.11 Å². The van der Waals surface area contributed by atoms with Crippen molar-refractivity contribution in [3.05, 3.63) is 59.7 Å². The van der Waals surface area contributed by atoms with E-state index in [0.717, 1.165) is 5.56 Å². The van der Waals surface area contributed by atoms with Gasteiger partial charge >= 0.3 is 12.4 Å². The molecule has 2 amide bonds. The summed E-state index contributed by atoms with van der Waals surface area (Å²) >= 11 is 0. The van der Waals surface area contributed by atoms with Crippen LogP contribution in [0.5, 0.6) is 11.5 Å². The van der Waals surface area contributed by atoms with Crippen molar-refractivity contribution in [2.24, 2.45) is 0 Å².